The zero-order chi connectivity index (χ0) is 23.7. The van der Waals surface area contributed by atoms with Crippen LogP contribution in [0, 0.1) is 11.3 Å². The van der Waals surface area contributed by atoms with Gasteiger partial charge in [-0.25, -0.2) is 4.98 Å². The molecule has 4 nitrogen and oxygen atoms in total. The van der Waals surface area contributed by atoms with Crippen molar-refractivity contribution in [1.29, 1.82) is 0 Å². The fourth-order valence-corrected chi connectivity index (χ4v) is 7.11. The number of benzene rings is 1. The van der Waals surface area contributed by atoms with Crippen LogP contribution in [0.15, 0.2) is 36.5 Å². The van der Waals surface area contributed by atoms with E-state index in [1.165, 1.54) is 44.2 Å². The summed E-state index contributed by atoms with van der Waals surface area (Å²) in [6.07, 6.45) is 11.3. The van der Waals surface area contributed by atoms with E-state index in [-0.39, 0.29) is 5.91 Å². The van der Waals surface area contributed by atoms with Crippen LogP contribution >= 0.6 is 34.8 Å². The Bertz CT molecular complexity index is 1030. The second-order valence-corrected chi connectivity index (χ2v) is 11.6. The van der Waals surface area contributed by atoms with Crippen LogP contribution in [-0.4, -0.2) is 52.9 Å². The molecule has 2 aromatic rings. The molecule has 1 amide bonds. The molecule has 3 aliphatic rings. The SMILES string of the molecule is O=C(c1ccnc(Cl)c1)N1CCC(N2CCC(Cc3ccc(Cl)c(Cl)c3)C3(CCCC3)C2)CC1. The lowest BCUT2D eigenvalue weighted by Gasteiger charge is -2.50. The van der Waals surface area contributed by atoms with Crippen LogP contribution in [0.4, 0.5) is 0 Å². The van der Waals surface area contributed by atoms with E-state index < -0.39 is 0 Å². The molecule has 5 rings (SSSR count). The highest BCUT2D eigenvalue weighted by molar-refractivity contribution is 6.42. The highest BCUT2D eigenvalue weighted by Crippen LogP contribution is 2.50. The zero-order valence-electron chi connectivity index (χ0n) is 19.5. The van der Waals surface area contributed by atoms with Gasteiger partial charge in [-0.15, -0.1) is 0 Å². The lowest BCUT2D eigenvalue weighted by atomic mass is 9.67. The van der Waals surface area contributed by atoms with Gasteiger partial charge in [0.15, 0.2) is 0 Å². The smallest absolute Gasteiger partial charge is 0.254 e. The van der Waals surface area contributed by atoms with Crippen LogP contribution < -0.4 is 0 Å². The van der Waals surface area contributed by atoms with E-state index in [1.54, 1.807) is 18.3 Å². The molecule has 1 aliphatic carbocycles. The van der Waals surface area contributed by atoms with Gasteiger partial charge in [-0.05, 0) is 86.2 Å². The van der Waals surface area contributed by atoms with Crippen molar-refractivity contribution in [2.75, 3.05) is 26.2 Å². The number of nitrogens with zero attached hydrogens (tertiary/aromatic N) is 3. The summed E-state index contributed by atoms with van der Waals surface area (Å²) in [6.45, 7) is 3.95. The molecular weight excluding hydrogens is 489 g/mol. The van der Waals surface area contributed by atoms with Crippen LogP contribution in [0.3, 0.4) is 0 Å². The van der Waals surface area contributed by atoms with Gasteiger partial charge in [-0.2, -0.15) is 0 Å². The fourth-order valence-electron chi connectivity index (χ4n) is 6.62. The Morgan fingerprint density at radius 1 is 0.971 bits per heavy atom. The zero-order valence-corrected chi connectivity index (χ0v) is 21.8. The minimum atomic E-state index is 0.0651. The average molecular weight is 521 g/mol. The van der Waals surface area contributed by atoms with Gasteiger partial charge >= 0.3 is 0 Å². The van der Waals surface area contributed by atoms with E-state index in [4.69, 9.17) is 34.8 Å². The normalized spacial score (nSPS) is 23.5. The molecule has 182 valence electrons. The third-order valence-electron chi connectivity index (χ3n) is 8.46. The van der Waals surface area contributed by atoms with Gasteiger partial charge in [0.1, 0.15) is 5.15 Å². The fraction of sp³-hybridized carbons (Fsp3) is 0.556. The summed E-state index contributed by atoms with van der Waals surface area (Å²) in [5.74, 6) is 0.761. The summed E-state index contributed by atoms with van der Waals surface area (Å²) in [5, 5.41) is 1.66. The summed E-state index contributed by atoms with van der Waals surface area (Å²) in [4.78, 5) is 21.6. The Balaban J connectivity index is 1.22. The number of likely N-dealkylation sites (tertiary alicyclic amines) is 2. The number of hydrogen-bond donors (Lipinski definition) is 0. The summed E-state index contributed by atoms with van der Waals surface area (Å²) in [6, 6.07) is 10.1. The molecule has 1 saturated carbocycles. The van der Waals surface area contributed by atoms with Crippen LogP contribution in [0.1, 0.15) is 60.9 Å². The van der Waals surface area contributed by atoms with Gasteiger partial charge in [0.05, 0.1) is 10.0 Å². The van der Waals surface area contributed by atoms with E-state index >= 15 is 0 Å². The van der Waals surface area contributed by atoms with Gasteiger partial charge in [-0.1, -0.05) is 53.7 Å². The number of hydrogen-bond acceptors (Lipinski definition) is 3. The van der Waals surface area contributed by atoms with E-state index in [0.29, 0.717) is 38.1 Å². The van der Waals surface area contributed by atoms with E-state index in [0.717, 1.165) is 38.9 Å². The molecule has 34 heavy (non-hydrogen) atoms. The topological polar surface area (TPSA) is 36.4 Å². The lowest BCUT2D eigenvalue weighted by molar-refractivity contribution is -0.00769. The predicted molar refractivity (Wildman–Crippen MR) is 139 cm³/mol. The monoisotopic (exact) mass is 519 g/mol. The first-order valence-corrected chi connectivity index (χ1v) is 13.7. The minimum Gasteiger partial charge on any atom is -0.339 e. The molecule has 7 heteroatoms. The van der Waals surface area contributed by atoms with Crippen LogP contribution in [0.25, 0.3) is 0 Å². The maximum absolute atomic E-state index is 12.9. The molecule has 2 saturated heterocycles. The van der Waals surface area contributed by atoms with Gasteiger partial charge in [-0.3, -0.25) is 9.69 Å². The second kappa shape index (κ2) is 10.3. The Morgan fingerprint density at radius 3 is 2.44 bits per heavy atom. The molecule has 1 spiro atoms. The first kappa shape index (κ1) is 24.4. The van der Waals surface area contributed by atoms with Crippen LogP contribution in [0.5, 0.6) is 0 Å². The molecule has 0 radical (unpaired) electrons. The van der Waals surface area contributed by atoms with E-state index in [1.807, 2.05) is 11.0 Å². The number of piperidine rings is 2. The third kappa shape index (κ3) is 5.11. The third-order valence-corrected chi connectivity index (χ3v) is 9.40. The lowest BCUT2D eigenvalue weighted by Crippen LogP contribution is -2.54. The number of halogens is 3. The Hall–Kier alpha value is -1.33. The molecule has 1 unspecified atom stereocenters. The molecule has 2 aliphatic heterocycles. The molecular formula is C27H32Cl3N3O. The van der Waals surface area contributed by atoms with Crippen LogP contribution in [-0.2, 0) is 6.42 Å². The van der Waals surface area contributed by atoms with Crippen molar-refractivity contribution >= 4 is 40.7 Å². The number of amides is 1. The van der Waals surface area contributed by atoms with Crippen molar-refractivity contribution in [3.63, 3.8) is 0 Å². The van der Waals surface area contributed by atoms with E-state index in [9.17, 15) is 4.79 Å². The number of aromatic nitrogens is 1. The number of rotatable bonds is 4. The number of carbonyl (C=O) groups is 1. The largest absolute Gasteiger partial charge is 0.339 e. The van der Waals surface area contributed by atoms with Crippen LogP contribution in [0.2, 0.25) is 15.2 Å². The van der Waals surface area contributed by atoms with Crippen molar-refractivity contribution in [2.45, 2.75) is 57.4 Å². The van der Waals surface area contributed by atoms with Gasteiger partial charge in [0, 0.05) is 37.4 Å². The quantitative estimate of drug-likeness (QED) is 0.417. The molecule has 0 bridgehead atoms. The Morgan fingerprint density at radius 2 is 1.74 bits per heavy atom. The maximum atomic E-state index is 12.9. The summed E-state index contributed by atoms with van der Waals surface area (Å²) in [7, 11) is 0. The minimum absolute atomic E-state index is 0.0651. The highest BCUT2D eigenvalue weighted by Gasteiger charge is 2.46. The van der Waals surface area contributed by atoms with Crippen molar-refractivity contribution in [3.8, 4) is 0 Å². The predicted octanol–water partition coefficient (Wildman–Crippen LogP) is 6.77. The van der Waals surface area contributed by atoms with Crippen molar-refractivity contribution in [3.05, 3.63) is 62.9 Å². The number of carbonyl (C=O) groups excluding carboxylic acids is 1. The Kier molecular flexibility index (Phi) is 7.41. The maximum Gasteiger partial charge on any atom is 0.254 e. The second-order valence-electron chi connectivity index (χ2n) is 10.4. The van der Waals surface area contributed by atoms with Crippen molar-refractivity contribution in [1.82, 2.24) is 14.8 Å². The standard InChI is InChI=1S/C27H32Cl3N3O/c28-23-4-3-19(16-24(23)29)15-21-6-12-33(18-27(21)9-1-2-10-27)22-7-13-32(14-8-22)26(34)20-5-11-31-25(30)17-20/h3-5,11,16-17,21-22H,1-2,6-10,12-15,18H2. The van der Waals surface area contributed by atoms with Gasteiger partial charge in [0.2, 0.25) is 0 Å². The molecule has 1 aromatic heterocycles. The van der Waals surface area contributed by atoms with Gasteiger partial charge in [0.25, 0.3) is 5.91 Å². The first-order valence-electron chi connectivity index (χ1n) is 12.5. The average Bonchev–Trinajstić information content (AvgIpc) is 3.31. The molecule has 3 fully saturated rings. The molecule has 1 aromatic carbocycles. The number of pyridine rings is 1. The molecule has 1 atom stereocenters. The molecule has 3 heterocycles. The van der Waals surface area contributed by atoms with Gasteiger partial charge < -0.3 is 4.90 Å². The molecule has 0 N–H and O–H groups in total. The van der Waals surface area contributed by atoms with Crippen molar-refractivity contribution < 1.29 is 4.79 Å². The Labute approximate surface area is 217 Å². The highest BCUT2D eigenvalue weighted by atomic mass is 35.5. The first-order chi connectivity index (χ1) is 16.4. The van der Waals surface area contributed by atoms with E-state index in [2.05, 4.69) is 22.0 Å². The summed E-state index contributed by atoms with van der Waals surface area (Å²) in [5.41, 5.74) is 2.35. The summed E-state index contributed by atoms with van der Waals surface area (Å²) < 4.78 is 0. The van der Waals surface area contributed by atoms with Crippen molar-refractivity contribution in [2.24, 2.45) is 11.3 Å². The summed E-state index contributed by atoms with van der Waals surface area (Å²) >= 11 is 18.4.